The Hall–Kier alpha value is -1.23. The summed E-state index contributed by atoms with van der Waals surface area (Å²) >= 11 is 0. The third-order valence-electron chi connectivity index (χ3n) is 1.63. The quantitative estimate of drug-likeness (QED) is 0.537. The van der Waals surface area contributed by atoms with Crippen LogP contribution in [0, 0.1) is 11.3 Å². The minimum atomic E-state index is -0.0457. The Kier molecular flexibility index (Phi) is 2.33. The second kappa shape index (κ2) is 3.25. The van der Waals surface area contributed by atoms with Crippen molar-refractivity contribution in [1.29, 1.82) is 5.26 Å². The van der Waals surface area contributed by atoms with Crippen molar-refractivity contribution in [3.05, 3.63) is 29.8 Å². The van der Waals surface area contributed by atoms with Crippen molar-refractivity contribution in [1.82, 2.24) is 0 Å². The molecular formula is C9H8BN. The van der Waals surface area contributed by atoms with Crippen LogP contribution in [0.2, 0.25) is 0 Å². The van der Waals surface area contributed by atoms with Crippen LogP contribution < -0.4 is 5.46 Å². The zero-order valence-corrected chi connectivity index (χ0v) is 6.41. The van der Waals surface area contributed by atoms with Gasteiger partial charge >= 0.3 is 0 Å². The Morgan fingerprint density at radius 2 is 1.91 bits per heavy atom. The molecule has 1 rings (SSSR count). The molecule has 0 aromatic heterocycles. The highest BCUT2D eigenvalue weighted by Gasteiger charge is 2.00. The van der Waals surface area contributed by atoms with E-state index in [9.17, 15) is 0 Å². The molecule has 0 saturated heterocycles. The van der Waals surface area contributed by atoms with E-state index in [0.29, 0.717) is 0 Å². The summed E-state index contributed by atoms with van der Waals surface area (Å²) in [4.78, 5) is 0. The molecule has 1 aromatic rings. The summed E-state index contributed by atoms with van der Waals surface area (Å²) in [6, 6.07) is 9.53. The van der Waals surface area contributed by atoms with E-state index in [1.54, 1.807) is 0 Å². The predicted octanol–water partition coefficient (Wildman–Crippen LogP) is 1.11. The predicted molar refractivity (Wildman–Crippen MR) is 45.9 cm³/mol. The van der Waals surface area contributed by atoms with Gasteiger partial charge in [0.2, 0.25) is 0 Å². The lowest BCUT2D eigenvalue weighted by atomic mass is 9.93. The number of rotatable bonds is 1. The number of nitrogens with zero attached hydrogens (tertiary/aromatic N) is 1. The van der Waals surface area contributed by atoms with Crippen LogP contribution in [0.25, 0.3) is 0 Å². The molecule has 0 aliphatic heterocycles. The summed E-state index contributed by atoms with van der Waals surface area (Å²) in [5.41, 5.74) is 1.75. The second-order valence-corrected chi connectivity index (χ2v) is 2.52. The Labute approximate surface area is 68.1 Å². The minimum Gasteiger partial charge on any atom is -0.198 e. The van der Waals surface area contributed by atoms with Crippen LogP contribution in [0.5, 0.6) is 0 Å². The molecule has 2 radical (unpaired) electrons. The van der Waals surface area contributed by atoms with Crippen LogP contribution in [0.15, 0.2) is 24.3 Å². The Morgan fingerprint density at radius 1 is 1.36 bits per heavy atom. The van der Waals surface area contributed by atoms with Gasteiger partial charge in [0, 0.05) is 0 Å². The highest BCUT2D eigenvalue weighted by molar-refractivity contribution is 6.32. The van der Waals surface area contributed by atoms with E-state index in [4.69, 9.17) is 13.1 Å². The largest absolute Gasteiger partial charge is 0.198 e. The van der Waals surface area contributed by atoms with Crippen molar-refractivity contribution in [2.24, 2.45) is 0 Å². The van der Waals surface area contributed by atoms with E-state index in [1.807, 2.05) is 31.2 Å². The van der Waals surface area contributed by atoms with Gasteiger partial charge in [-0.05, 0) is 12.5 Å². The first kappa shape index (κ1) is 7.88. The molecule has 52 valence electrons. The second-order valence-electron chi connectivity index (χ2n) is 2.52. The molecule has 1 nitrogen and oxygen atoms in total. The van der Waals surface area contributed by atoms with Gasteiger partial charge < -0.3 is 0 Å². The molecular weight excluding hydrogens is 133 g/mol. The fourth-order valence-electron chi connectivity index (χ4n) is 0.859. The molecule has 0 N–H and O–H groups in total. The van der Waals surface area contributed by atoms with Gasteiger partial charge in [0.05, 0.1) is 12.0 Å². The monoisotopic (exact) mass is 141 g/mol. The maximum atomic E-state index is 8.58. The molecule has 2 heteroatoms. The standard InChI is InChI=1S/C9H8BN/c1-7(6-11)8-2-4-9(10)5-3-8/h2-5,7H,1H3/t7-/m1/s1. The van der Waals surface area contributed by atoms with Gasteiger partial charge in [-0.25, -0.2) is 0 Å². The average Bonchev–Trinajstić information content (AvgIpc) is 2.05. The molecule has 1 atom stereocenters. The normalized spacial score (nSPS) is 12.0. The molecule has 0 aliphatic rings. The molecule has 0 saturated carbocycles. The van der Waals surface area contributed by atoms with Crippen LogP contribution in [0.4, 0.5) is 0 Å². The summed E-state index contributed by atoms with van der Waals surface area (Å²) in [7, 11) is 5.49. The zero-order chi connectivity index (χ0) is 8.27. The molecule has 0 bridgehead atoms. The van der Waals surface area contributed by atoms with Gasteiger partial charge in [-0.2, -0.15) is 5.26 Å². The van der Waals surface area contributed by atoms with E-state index in [0.717, 1.165) is 11.0 Å². The fourth-order valence-corrected chi connectivity index (χ4v) is 0.859. The summed E-state index contributed by atoms with van der Waals surface area (Å²) in [6.07, 6.45) is 0. The summed E-state index contributed by atoms with van der Waals surface area (Å²) < 4.78 is 0. The van der Waals surface area contributed by atoms with Crippen molar-refractivity contribution < 1.29 is 0 Å². The topological polar surface area (TPSA) is 23.8 Å². The molecule has 0 amide bonds. The molecule has 11 heavy (non-hydrogen) atoms. The zero-order valence-electron chi connectivity index (χ0n) is 6.41. The lowest BCUT2D eigenvalue weighted by molar-refractivity contribution is 0.983. The molecule has 0 unspecified atom stereocenters. The lowest BCUT2D eigenvalue weighted by Gasteiger charge is -2.01. The number of benzene rings is 1. The molecule has 0 spiro atoms. The van der Waals surface area contributed by atoms with Crippen LogP contribution in [0.3, 0.4) is 0 Å². The first-order chi connectivity index (χ1) is 5.24. The molecule has 1 aromatic carbocycles. The van der Waals surface area contributed by atoms with Gasteiger partial charge in [0.25, 0.3) is 0 Å². The van der Waals surface area contributed by atoms with Crippen LogP contribution >= 0.6 is 0 Å². The Bertz CT molecular complexity index is 271. The first-order valence-electron chi connectivity index (χ1n) is 3.49. The smallest absolute Gasteiger partial charge is 0.113 e. The third kappa shape index (κ3) is 1.85. The van der Waals surface area contributed by atoms with Gasteiger partial charge in [0.15, 0.2) is 0 Å². The van der Waals surface area contributed by atoms with Crippen molar-refractivity contribution in [2.75, 3.05) is 0 Å². The minimum absolute atomic E-state index is 0.0457. The maximum Gasteiger partial charge on any atom is 0.113 e. The fraction of sp³-hybridized carbons (Fsp3) is 0.222. The van der Waals surface area contributed by atoms with Crippen LogP contribution in [0.1, 0.15) is 18.4 Å². The summed E-state index contributed by atoms with van der Waals surface area (Å²) in [5, 5.41) is 8.58. The summed E-state index contributed by atoms with van der Waals surface area (Å²) in [5.74, 6) is -0.0457. The van der Waals surface area contributed by atoms with Crippen molar-refractivity contribution in [3.63, 3.8) is 0 Å². The van der Waals surface area contributed by atoms with Crippen molar-refractivity contribution >= 4 is 13.3 Å². The number of hydrogen-bond acceptors (Lipinski definition) is 1. The van der Waals surface area contributed by atoms with Gasteiger partial charge in [-0.15, -0.1) is 0 Å². The summed E-state index contributed by atoms with van der Waals surface area (Å²) in [6.45, 7) is 1.87. The third-order valence-corrected chi connectivity index (χ3v) is 1.63. The highest BCUT2D eigenvalue weighted by atomic mass is 14.3. The van der Waals surface area contributed by atoms with Gasteiger partial charge in [-0.1, -0.05) is 29.7 Å². The van der Waals surface area contributed by atoms with E-state index < -0.39 is 0 Å². The number of hydrogen-bond donors (Lipinski definition) is 0. The number of nitriles is 1. The van der Waals surface area contributed by atoms with Crippen molar-refractivity contribution in [3.8, 4) is 6.07 Å². The maximum absolute atomic E-state index is 8.58. The van der Waals surface area contributed by atoms with Crippen LogP contribution in [-0.2, 0) is 0 Å². The SMILES string of the molecule is [B]c1ccc([C@H](C)C#N)cc1. The molecule has 0 heterocycles. The van der Waals surface area contributed by atoms with E-state index in [-0.39, 0.29) is 5.92 Å². The van der Waals surface area contributed by atoms with Gasteiger partial charge in [-0.3, -0.25) is 0 Å². The van der Waals surface area contributed by atoms with Gasteiger partial charge in [0.1, 0.15) is 7.85 Å². The van der Waals surface area contributed by atoms with E-state index in [2.05, 4.69) is 6.07 Å². The van der Waals surface area contributed by atoms with Crippen molar-refractivity contribution in [2.45, 2.75) is 12.8 Å². The highest BCUT2D eigenvalue weighted by Crippen LogP contribution is 2.11. The van der Waals surface area contributed by atoms with E-state index >= 15 is 0 Å². The van der Waals surface area contributed by atoms with Crippen LogP contribution in [-0.4, -0.2) is 7.85 Å². The Balaban J connectivity index is 2.92. The Morgan fingerprint density at radius 3 is 2.36 bits per heavy atom. The average molecular weight is 141 g/mol. The lowest BCUT2D eigenvalue weighted by Crippen LogP contribution is -2.01. The molecule has 0 fully saturated rings. The van der Waals surface area contributed by atoms with E-state index in [1.165, 1.54) is 0 Å². The molecule has 0 aliphatic carbocycles. The first-order valence-corrected chi connectivity index (χ1v) is 3.49.